The summed E-state index contributed by atoms with van der Waals surface area (Å²) in [5.74, 6) is -0.497. The van der Waals surface area contributed by atoms with E-state index in [1.54, 1.807) is 18.2 Å². The molecule has 5 heteroatoms. The van der Waals surface area contributed by atoms with E-state index in [1.807, 2.05) is 13.8 Å². The second kappa shape index (κ2) is 6.10. The van der Waals surface area contributed by atoms with Crippen LogP contribution >= 0.6 is 0 Å². The van der Waals surface area contributed by atoms with Crippen molar-refractivity contribution in [1.82, 2.24) is 0 Å². The van der Waals surface area contributed by atoms with Crippen molar-refractivity contribution in [2.24, 2.45) is 5.73 Å². The molecule has 0 saturated carbocycles. The van der Waals surface area contributed by atoms with E-state index in [1.165, 1.54) is 0 Å². The number of benzene rings is 1. The molecule has 0 bridgehead atoms. The molecule has 5 nitrogen and oxygen atoms in total. The maximum absolute atomic E-state index is 11.3. The third-order valence-corrected chi connectivity index (χ3v) is 2.28. The number of rotatable bonds is 6. The van der Waals surface area contributed by atoms with E-state index in [0.29, 0.717) is 30.2 Å². The van der Waals surface area contributed by atoms with Gasteiger partial charge in [-0.05, 0) is 32.0 Å². The molecule has 5 N–H and O–H groups in total. The van der Waals surface area contributed by atoms with Gasteiger partial charge in [0.05, 0.1) is 12.2 Å². The van der Waals surface area contributed by atoms with Gasteiger partial charge in [0.25, 0.3) is 5.91 Å². The summed E-state index contributed by atoms with van der Waals surface area (Å²) in [6.45, 7) is 5.14. The van der Waals surface area contributed by atoms with Crippen LogP contribution in [0, 0.1) is 0 Å². The van der Waals surface area contributed by atoms with Gasteiger partial charge in [-0.1, -0.05) is 0 Å². The van der Waals surface area contributed by atoms with E-state index in [-0.39, 0.29) is 6.04 Å². The lowest BCUT2D eigenvalue weighted by Gasteiger charge is -2.17. The Hall–Kier alpha value is -1.75. The molecule has 0 fully saturated rings. The molecule has 94 valence electrons. The number of amides is 1. The summed E-state index contributed by atoms with van der Waals surface area (Å²) in [6, 6.07) is 5.13. The van der Waals surface area contributed by atoms with Crippen molar-refractivity contribution in [3.8, 4) is 0 Å². The highest BCUT2D eigenvalue weighted by Gasteiger charge is 2.10. The van der Waals surface area contributed by atoms with Crippen LogP contribution in [0.5, 0.6) is 0 Å². The molecule has 1 unspecified atom stereocenters. The lowest BCUT2D eigenvalue weighted by Crippen LogP contribution is -2.24. The molecule has 0 aliphatic heterocycles. The van der Waals surface area contributed by atoms with Crippen LogP contribution in [0.3, 0.4) is 0 Å². The van der Waals surface area contributed by atoms with Crippen LogP contribution in [0.2, 0.25) is 0 Å². The van der Waals surface area contributed by atoms with E-state index < -0.39 is 5.91 Å². The van der Waals surface area contributed by atoms with Crippen molar-refractivity contribution in [3.63, 3.8) is 0 Å². The van der Waals surface area contributed by atoms with Gasteiger partial charge in [0.15, 0.2) is 0 Å². The fourth-order valence-corrected chi connectivity index (χ4v) is 1.49. The predicted molar refractivity (Wildman–Crippen MR) is 69.0 cm³/mol. The smallest absolute Gasteiger partial charge is 0.250 e. The molecule has 0 spiro atoms. The standard InChI is InChI=1S/C12H19N3O2/c1-3-17-7-8(2)15-11-5-4-9(13)6-10(11)12(14)16/h4-6,8,15H,3,7,13H2,1-2H3,(H2,14,16). The Kier molecular flexibility index (Phi) is 4.78. The molecule has 1 aromatic rings. The molecule has 17 heavy (non-hydrogen) atoms. The van der Waals surface area contributed by atoms with Crippen molar-refractivity contribution in [1.29, 1.82) is 0 Å². The van der Waals surface area contributed by atoms with Crippen molar-refractivity contribution in [3.05, 3.63) is 23.8 Å². The second-order valence-corrected chi connectivity index (χ2v) is 3.87. The average Bonchev–Trinajstić information content (AvgIpc) is 2.28. The van der Waals surface area contributed by atoms with Gasteiger partial charge in [-0.15, -0.1) is 0 Å². The fraction of sp³-hybridized carbons (Fsp3) is 0.417. The molecular weight excluding hydrogens is 218 g/mol. The first-order valence-corrected chi connectivity index (χ1v) is 5.58. The molecule has 0 heterocycles. The van der Waals surface area contributed by atoms with Gasteiger partial charge in [0.2, 0.25) is 0 Å². The Bertz CT molecular complexity index is 393. The third-order valence-electron chi connectivity index (χ3n) is 2.28. The van der Waals surface area contributed by atoms with Crippen LogP contribution in [0.1, 0.15) is 24.2 Å². The van der Waals surface area contributed by atoms with Crippen LogP contribution in [-0.2, 0) is 4.74 Å². The number of carbonyl (C=O) groups is 1. The number of nitrogens with two attached hydrogens (primary N) is 2. The summed E-state index contributed by atoms with van der Waals surface area (Å²) >= 11 is 0. The maximum Gasteiger partial charge on any atom is 0.250 e. The number of carbonyl (C=O) groups excluding carboxylic acids is 1. The van der Waals surface area contributed by atoms with Crippen molar-refractivity contribution in [2.75, 3.05) is 24.3 Å². The van der Waals surface area contributed by atoms with Crippen molar-refractivity contribution >= 4 is 17.3 Å². The van der Waals surface area contributed by atoms with Crippen molar-refractivity contribution in [2.45, 2.75) is 19.9 Å². The second-order valence-electron chi connectivity index (χ2n) is 3.87. The third kappa shape index (κ3) is 3.96. The molecule has 0 aromatic heterocycles. The lowest BCUT2D eigenvalue weighted by atomic mass is 10.1. The molecule has 1 aromatic carbocycles. The molecule has 0 aliphatic rings. The van der Waals surface area contributed by atoms with E-state index in [4.69, 9.17) is 16.2 Å². The van der Waals surface area contributed by atoms with Crippen LogP contribution in [0.25, 0.3) is 0 Å². The molecule has 0 radical (unpaired) electrons. The van der Waals surface area contributed by atoms with E-state index in [9.17, 15) is 4.79 Å². The zero-order valence-electron chi connectivity index (χ0n) is 10.2. The monoisotopic (exact) mass is 237 g/mol. The SMILES string of the molecule is CCOCC(C)Nc1ccc(N)cc1C(N)=O. The Labute approximate surface area is 101 Å². The molecule has 0 aliphatic carbocycles. The van der Waals surface area contributed by atoms with Crippen LogP contribution in [0.4, 0.5) is 11.4 Å². The minimum absolute atomic E-state index is 0.0941. The van der Waals surface area contributed by atoms with Gasteiger partial charge in [-0.2, -0.15) is 0 Å². The number of hydrogen-bond acceptors (Lipinski definition) is 4. The number of anilines is 2. The number of primary amides is 1. The molecule has 1 rings (SSSR count). The van der Waals surface area contributed by atoms with E-state index in [0.717, 1.165) is 0 Å². The van der Waals surface area contributed by atoms with Crippen LogP contribution < -0.4 is 16.8 Å². The number of nitrogens with one attached hydrogen (secondary N) is 1. The Morgan fingerprint density at radius 1 is 1.53 bits per heavy atom. The molecule has 0 saturated heterocycles. The molecule has 1 atom stereocenters. The minimum Gasteiger partial charge on any atom is -0.399 e. The highest BCUT2D eigenvalue weighted by molar-refractivity contribution is 5.99. The predicted octanol–water partition coefficient (Wildman–Crippen LogP) is 1.20. The number of nitrogen functional groups attached to an aromatic ring is 1. The number of hydrogen-bond donors (Lipinski definition) is 3. The summed E-state index contributed by atoms with van der Waals surface area (Å²) in [7, 11) is 0. The van der Waals surface area contributed by atoms with Crippen molar-refractivity contribution < 1.29 is 9.53 Å². The Morgan fingerprint density at radius 3 is 2.82 bits per heavy atom. The first-order valence-electron chi connectivity index (χ1n) is 5.58. The lowest BCUT2D eigenvalue weighted by molar-refractivity contribution is 0.100. The summed E-state index contributed by atoms with van der Waals surface area (Å²) in [4.78, 5) is 11.3. The summed E-state index contributed by atoms with van der Waals surface area (Å²) in [5, 5.41) is 3.17. The zero-order chi connectivity index (χ0) is 12.8. The minimum atomic E-state index is -0.497. The van der Waals surface area contributed by atoms with Gasteiger partial charge in [-0.3, -0.25) is 4.79 Å². The summed E-state index contributed by atoms with van der Waals surface area (Å²) in [6.07, 6.45) is 0. The number of ether oxygens (including phenoxy) is 1. The first kappa shape index (κ1) is 13.3. The summed E-state index contributed by atoms with van der Waals surface area (Å²) in [5.41, 5.74) is 12.5. The maximum atomic E-state index is 11.3. The zero-order valence-corrected chi connectivity index (χ0v) is 10.2. The van der Waals surface area contributed by atoms with Gasteiger partial charge in [0.1, 0.15) is 0 Å². The highest BCUT2D eigenvalue weighted by Crippen LogP contribution is 2.19. The van der Waals surface area contributed by atoms with Gasteiger partial charge in [0, 0.05) is 24.0 Å². The Morgan fingerprint density at radius 2 is 2.24 bits per heavy atom. The highest BCUT2D eigenvalue weighted by atomic mass is 16.5. The first-order chi connectivity index (χ1) is 8.04. The largest absolute Gasteiger partial charge is 0.399 e. The van der Waals surface area contributed by atoms with Gasteiger partial charge >= 0.3 is 0 Å². The average molecular weight is 237 g/mol. The topological polar surface area (TPSA) is 90.4 Å². The molecule has 1 amide bonds. The summed E-state index contributed by atoms with van der Waals surface area (Å²) < 4.78 is 5.29. The van der Waals surface area contributed by atoms with Crippen LogP contribution in [-0.4, -0.2) is 25.2 Å². The normalized spacial score (nSPS) is 12.1. The van der Waals surface area contributed by atoms with Gasteiger partial charge in [-0.25, -0.2) is 0 Å². The van der Waals surface area contributed by atoms with Gasteiger partial charge < -0.3 is 21.5 Å². The Balaban J connectivity index is 2.79. The quantitative estimate of drug-likeness (QED) is 0.648. The van der Waals surface area contributed by atoms with Crippen LogP contribution in [0.15, 0.2) is 18.2 Å². The fourth-order valence-electron chi connectivity index (χ4n) is 1.49. The van der Waals surface area contributed by atoms with E-state index in [2.05, 4.69) is 5.32 Å². The molecular formula is C12H19N3O2. The van der Waals surface area contributed by atoms with E-state index >= 15 is 0 Å².